The number of nitrogens with zero attached hydrogens (tertiary/aromatic N) is 1. The van der Waals surface area contributed by atoms with Gasteiger partial charge in [-0.3, -0.25) is 4.98 Å². The van der Waals surface area contributed by atoms with Gasteiger partial charge in [0.1, 0.15) is 0 Å². The molecule has 1 aliphatic carbocycles. The molecule has 1 nitrogen and oxygen atoms in total. The Morgan fingerprint density at radius 1 is 0.895 bits per heavy atom. The molecule has 1 aromatic heterocycles. The third-order valence-corrected chi connectivity index (χ3v) is 5.05. The fraction of sp³-hybridized carbons (Fsp3) is 0.357. The van der Waals surface area contributed by atoms with E-state index in [0.29, 0.717) is 36.9 Å². The van der Waals surface area contributed by atoms with Crippen LogP contribution in [0.25, 0.3) is 10.9 Å². The molecule has 1 saturated carbocycles. The van der Waals surface area contributed by atoms with Gasteiger partial charge in [-0.05, 0) is 25.0 Å². The Hall–Kier alpha value is -0.210. The molecule has 0 aliphatic heterocycles. The largest absolute Gasteiger partial charge is 0.251 e. The predicted molar refractivity (Wildman–Crippen MR) is 83.0 cm³/mol. The van der Waals surface area contributed by atoms with Gasteiger partial charge in [-0.1, -0.05) is 59.2 Å². The monoisotopic (exact) mass is 333 g/mol. The highest BCUT2D eigenvalue weighted by Gasteiger charge is 2.21. The van der Waals surface area contributed by atoms with Gasteiger partial charge in [-0.15, -0.1) is 0 Å². The van der Waals surface area contributed by atoms with Crippen molar-refractivity contribution in [1.29, 1.82) is 0 Å². The highest BCUT2D eigenvalue weighted by atomic mass is 35.5. The van der Waals surface area contributed by atoms with Crippen LogP contribution in [0.15, 0.2) is 12.1 Å². The third-order valence-electron chi connectivity index (χ3n) is 3.67. The molecule has 3 rings (SSSR count). The van der Waals surface area contributed by atoms with Gasteiger partial charge in [0.05, 0.1) is 25.6 Å². The SMILES string of the molecule is Clc1cc(Cl)c2nc(C3CCCC3)cc(Cl)c2c1Cl. The third kappa shape index (κ3) is 2.42. The van der Waals surface area contributed by atoms with E-state index in [-0.39, 0.29) is 0 Å². The summed E-state index contributed by atoms with van der Waals surface area (Å²) in [7, 11) is 0. The quantitative estimate of drug-likeness (QED) is 0.542. The average molecular weight is 335 g/mol. The number of aromatic nitrogens is 1. The molecular weight excluding hydrogens is 324 g/mol. The summed E-state index contributed by atoms with van der Waals surface area (Å²) in [5.74, 6) is 0.479. The Morgan fingerprint density at radius 3 is 2.26 bits per heavy atom. The minimum atomic E-state index is 0.400. The van der Waals surface area contributed by atoms with E-state index in [1.807, 2.05) is 6.07 Å². The summed E-state index contributed by atoms with van der Waals surface area (Å²) >= 11 is 24.8. The Kier molecular flexibility index (Phi) is 3.83. The van der Waals surface area contributed by atoms with Crippen LogP contribution in [0.2, 0.25) is 20.1 Å². The molecule has 1 aromatic carbocycles. The van der Waals surface area contributed by atoms with Crippen molar-refractivity contribution in [2.75, 3.05) is 0 Å². The summed E-state index contributed by atoms with van der Waals surface area (Å²) in [5.41, 5.74) is 1.65. The number of hydrogen-bond acceptors (Lipinski definition) is 1. The molecule has 0 saturated heterocycles. The first-order chi connectivity index (χ1) is 9.08. The summed E-state index contributed by atoms with van der Waals surface area (Å²) in [4.78, 5) is 4.66. The molecule has 0 bridgehead atoms. The number of halogens is 4. The molecule has 2 aromatic rings. The molecule has 0 atom stereocenters. The normalized spacial score (nSPS) is 16.4. The molecule has 0 N–H and O–H groups in total. The molecule has 0 unspecified atom stereocenters. The summed E-state index contributed by atoms with van der Waals surface area (Å²) in [6, 6.07) is 3.52. The van der Waals surface area contributed by atoms with Crippen molar-refractivity contribution < 1.29 is 0 Å². The second-order valence-electron chi connectivity index (χ2n) is 4.89. The van der Waals surface area contributed by atoms with E-state index in [1.165, 1.54) is 12.8 Å². The number of pyridine rings is 1. The molecule has 1 aliphatic rings. The van der Waals surface area contributed by atoms with Crippen LogP contribution in [0.5, 0.6) is 0 Å². The lowest BCUT2D eigenvalue weighted by Crippen LogP contribution is -1.98. The van der Waals surface area contributed by atoms with Gasteiger partial charge in [0.15, 0.2) is 0 Å². The fourth-order valence-corrected chi connectivity index (χ4v) is 3.80. The van der Waals surface area contributed by atoms with Gasteiger partial charge in [0, 0.05) is 17.0 Å². The average Bonchev–Trinajstić information content (AvgIpc) is 2.89. The van der Waals surface area contributed by atoms with Crippen molar-refractivity contribution in [1.82, 2.24) is 4.98 Å². The van der Waals surface area contributed by atoms with Crippen LogP contribution in [0.4, 0.5) is 0 Å². The van der Waals surface area contributed by atoms with E-state index in [0.717, 1.165) is 18.5 Å². The van der Waals surface area contributed by atoms with Crippen molar-refractivity contribution >= 4 is 57.3 Å². The van der Waals surface area contributed by atoms with Gasteiger partial charge >= 0.3 is 0 Å². The van der Waals surface area contributed by atoms with Crippen LogP contribution in [-0.2, 0) is 0 Å². The predicted octanol–water partition coefficient (Wildman–Crippen LogP) is 6.51. The van der Waals surface area contributed by atoms with E-state index in [1.54, 1.807) is 6.07 Å². The van der Waals surface area contributed by atoms with Crippen molar-refractivity contribution in [3.63, 3.8) is 0 Å². The highest BCUT2D eigenvalue weighted by Crippen LogP contribution is 2.41. The second kappa shape index (κ2) is 5.29. The zero-order valence-corrected chi connectivity index (χ0v) is 13.0. The number of benzene rings is 1. The molecule has 1 heterocycles. The summed E-state index contributed by atoms with van der Waals surface area (Å²) in [5, 5.41) is 2.52. The van der Waals surface area contributed by atoms with E-state index in [9.17, 15) is 0 Å². The van der Waals surface area contributed by atoms with Crippen molar-refractivity contribution in [2.45, 2.75) is 31.6 Å². The fourth-order valence-electron chi connectivity index (χ4n) is 2.71. The lowest BCUT2D eigenvalue weighted by atomic mass is 10.0. The standard InChI is InChI=1S/C14H11Cl4N/c15-8-6-11(7-3-1-2-4-7)19-14-10(17)5-9(16)13(18)12(8)14/h5-7H,1-4H2. The van der Waals surface area contributed by atoms with Crippen LogP contribution in [0.3, 0.4) is 0 Å². The minimum absolute atomic E-state index is 0.400. The lowest BCUT2D eigenvalue weighted by molar-refractivity contribution is 0.701. The molecule has 0 amide bonds. The van der Waals surface area contributed by atoms with Crippen LogP contribution in [0.1, 0.15) is 37.3 Å². The Bertz CT molecular complexity index is 648. The zero-order chi connectivity index (χ0) is 13.6. The van der Waals surface area contributed by atoms with Crippen LogP contribution < -0.4 is 0 Å². The van der Waals surface area contributed by atoms with Crippen LogP contribution >= 0.6 is 46.4 Å². The van der Waals surface area contributed by atoms with Crippen molar-refractivity contribution in [2.24, 2.45) is 0 Å². The maximum Gasteiger partial charge on any atom is 0.0922 e. The van der Waals surface area contributed by atoms with Gasteiger partial charge in [0.2, 0.25) is 0 Å². The van der Waals surface area contributed by atoms with Gasteiger partial charge in [-0.2, -0.15) is 0 Å². The molecular formula is C14H11Cl4N. The van der Waals surface area contributed by atoms with Gasteiger partial charge in [-0.25, -0.2) is 0 Å². The van der Waals surface area contributed by atoms with Crippen molar-refractivity contribution in [3.8, 4) is 0 Å². The van der Waals surface area contributed by atoms with E-state index >= 15 is 0 Å². The first kappa shape index (κ1) is 13.8. The minimum Gasteiger partial charge on any atom is -0.251 e. The smallest absolute Gasteiger partial charge is 0.0922 e. The van der Waals surface area contributed by atoms with E-state index < -0.39 is 0 Å². The molecule has 0 radical (unpaired) electrons. The summed E-state index contributed by atoms with van der Waals surface area (Å²) < 4.78 is 0. The summed E-state index contributed by atoms with van der Waals surface area (Å²) in [6.45, 7) is 0. The molecule has 1 fully saturated rings. The van der Waals surface area contributed by atoms with Crippen LogP contribution in [-0.4, -0.2) is 4.98 Å². The van der Waals surface area contributed by atoms with Gasteiger partial charge in [0.25, 0.3) is 0 Å². The Labute approximate surface area is 131 Å². The Morgan fingerprint density at radius 2 is 1.58 bits per heavy atom. The first-order valence-electron chi connectivity index (χ1n) is 6.21. The topological polar surface area (TPSA) is 12.9 Å². The second-order valence-corrected chi connectivity index (χ2v) is 6.49. The maximum atomic E-state index is 6.35. The van der Waals surface area contributed by atoms with Gasteiger partial charge < -0.3 is 0 Å². The van der Waals surface area contributed by atoms with E-state index in [4.69, 9.17) is 46.4 Å². The molecule has 5 heteroatoms. The molecule has 0 spiro atoms. The first-order valence-corrected chi connectivity index (χ1v) is 7.72. The number of fused-ring (bicyclic) bond motifs is 1. The maximum absolute atomic E-state index is 6.35. The number of hydrogen-bond donors (Lipinski definition) is 0. The Balaban J connectivity index is 2.25. The molecule has 19 heavy (non-hydrogen) atoms. The lowest BCUT2D eigenvalue weighted by Gasteiger charge is -2.13. The molecule has 100 valence electrons. The highest BCUT2D eigenvalue weighted by molar-refractivity contribution is 6.50. The summed E-state index contributed by atoms with van der Waals surface area (Å²) in [6.07, 6.45) is 4.82. The van der Waals surface area contributed by atoms with E-state index in [2.05, 4.69) is 4.98 Å². The number of rotatable bonds is 1. The zero-order valence-electron chi connectivity index (χ0n) is 10.0. The van der Waals surface area contributed by atoms with Crippen LogP contribution in [0, 0.1) is 0 Å². The van der Waals surface area contributed by atoms with Crippen molar-refractivity contribution in [3.05, 3.63) is 37.9 Å².